The number of rotatable bonds is 5. The van der Waals surface area contributed by atoms with Gasteiger partial charge in [0.05, 0.1) is 16.8 Å². The van der Waals surface area contributed by atoms with Crippen molar-refractivity contribution in [1.29, 1.82) is 0 Å². The van der Waals surface area contributed by atoms with Gasteiger partial charge in [0, 0.05) is 28.2 Å². The van der Waals surface area contributed by atoms with E-state index in [4.69, 9.17) is 11.6 Å². The first kappa shape index (κ1) is 21.3. The number of hydrogen-bond acceptors (Lipinski definition) is 3. The zero-order chi connectivity index (χ0) is 22.8. The van der Waals surface area contributed by atoms with E-state index < -0.39 is 5.97 Å². The molecule has 1 amide bonds. The van der Waals surface area contributed by atoms with Crippen molar-refractivity contribution < 1.29 is 14.7 Å². The van der Waals surface area contributed by atoms with Crippen molar-refractivity contribution in [2.75, 3.05) is 0 Å². The van der Waals surface area contributed by atoms with Gasteiger partial charge < -0.3 is 9.67 Å². The molecule has 0 aliphatic carbocycles. The minimum atomic E-state index is -1.09. The van der Waals surface area contributed by atoms with Crippen LogP contribution in [0.4, 0.5) is 0 Å². The Hall–Kier alpha value is -3.90. The summed E-state index contributed by atoms with van der Waals surface area (Å²) in [5, 5.41) is 15.7. The van der Waals surface area contributed by atoms with Crippen molar-refractivity contribution >= 4 is 40.5 Å². The highest BCUT2D eigenvalue weighted by molar-refractivity contribution is 6.33. The molecule has 32 heavy (non-hydrogen) atoms. The average molecular weight is 446 g/mol. The third kappa shape index (κ3) is 4.13. The lowest BCUT2D eigenvalue weighted by Gasteiger charge is -2.11. The van der Waals surface area contributed by atoms with Gasteiger partial charge in [0.15, 0.2) is 0 Å². The molecule has 0 atom stereocenters. The van der Waals surface area contributed by atoms with E-state index in [-0.39, 0.29) is 16.5 Å². The topological polar surface area (TPSA) is 83.7 Å². The van der Waals surface area contributed by atoms with E-state index in [1.165, 1.54) is 6.07 Å². The molecule has 7 heteroatoms. The Balaban J connectivity index is 1.55. The van der Waals surface area contributed by atoms with Gasteiger partial charge in [-0.05, 0) is 61.0 Å². The molecule has 0 spiro atoms. The number of halogens is 1. The molecule has 4 rings (SSSR count). The maximum atomic E-state index is 12.5. The number of carboxylic acid groups (broad SMARTS) is 1. The minimum absolute atomic E-state index is 0.0366. The predicted octanol–water partition coefficient (Wildman–Crippen LogP) is 5.36. The highest BCUT2D eigenvalue weighted by atomic mass is 35.5. The summed E-state index contributed by atoms with van der Waals surface area (Å²) in [5.74, 6) is -1.39. The molecule has 6 nitrogen and oxygen atoms in total. The highest BCUT2D eigenvalue weighted by Crippen LogP contribution is 2.24. The van der Waals surface area contributed by atoms with E-state index in [1.54, 1.807) is 24.4 Å². The Kier molecular flexibility index (Phi) is 5.79. The minimum Gasteiger partial charge on any atom is -0.478 e. The molecular weight excluding hydrogens is 426 g/mol. The van der Waals surface area contributed by atoms with Crippen molar-refractivity contribution in [3.63, 3.8) is 0 Å². The van der Waals surface area contributed by atoms with Crippen LogP contribution in [0, 0.1) is 13.8 Å². The molecule has 160 valence electrons. The van der Waals surface area contributed by atoms with Crippen LogP contribution in [0.15, 0.2) is 71.8 Å². The molecule has 0 radical (unpaired) electrons. The van der Waals surface area contributed by atoms with Crippen LogP contribution in [-0.4, -0.2) is 27.8 Å². The van der Waals surface area contributed by atoms with Crippen LogP contribution < -0.4 is 5.43 Å². The lowest BCUT2D eigenvalue weighted by Crippen LogP contribution is -2.17. The van der Waals surface area contributed by atoms with Crippen molar-refractivity contribution in [1.82, 2.24) is 9.99 Å². The van der Waals surface area contributed by atoms with Crippen LogP contribution in [0.2, 0.25) is 5.02 Å². The summed E-state index contributed by atoms with van der Waals surface area (Å²) in [7, 11) is 0. The van der Waals surface area contributed by atoms with E-state index in [2.05, 4.69) is 10.5 Å². The number of carboxylic acids is 1. The molecule has 0 bridgehead atoms. The summed E-state index contributed by atoms with van der Waals surface area (Å²) in [6, 6.07) is 20.1. The van der Waals surface area contributed by atoms with Gasteiger partial charge in [-0.2, -0.15) is 5.10 Å². The van der Waals surface area contributed by atoms with Crippen LogP contribution in [0.1, 0.15) is 37.7 Å². The van der Waals surface area contributed by atoms with Gasteiger partial charge in [-0.3, -0.25) is 4.79 Å². The van der Waals surface area contributed by atoms with Crippen molar-refractivity contribution in [3.8, 4) is 5.69 Å². The number of nitrogens with one attached hydrogen (secondary N) is 1. The third-order valence-corrected chi connectivity index (χ3v) is 5.62. The number of hydrazone groups is 1. The number of carbonyl (C=O) groups excluding carboxylic acids is 1. The van der Waals surface area contributed by atoms with E-state index in [1.807, 2.05) is 60.9 Å². The monoisotopic (exact) mass is 445 g/mol. The van der Waals surface area contributed by atoms with Crippen molar-refractivity contribution in [3.05, 3.63) is 99.8 Å². The van der Waals surface area contributed by atoms with E-state index in [0.29, 0.717) is 11.3 Å². The molecule has 1 aromatic heterocycles. The molecule has 2 N–H and O–H groups in total. The Morgan fingerprint density at radius 2 is 1.75 bits per heavy atom. The standard InChI is InChI=1S/C25H20ClN3O3/c1-15-11-20(16(2)29(15)21-9-10-23(26)22(13-21)25(31)32)14-27-28-24(30)19-8-7-17-5-3-4-6-18(17)12-19/h3-14H,1-2H3,(H,28,30)(H,31,32)/b27-14+. The summed E-state index contributed by atoms with van der Waals surface area (Å²) in [6.45, 7) is 3.81. The maximum absolute atomic E-state index is 12.5. The molecule has 4 aromatic rings. The largest absolute Gasteiger partial charge is 0.478 e. The Morgan fingerprint density at radius 1 is 1.00 bits per heavy atom. The third-order valence-electron chi connectivity index (χ3n) is 5.29. The summed E-state index contributed by atoms with van der Waals surface area (Å²) in [6.07, 6.45) is 1.58. The van der Waals surface area contributed by atoms with Gasteiger partial charge in [0.1, 0.15) is 0 Å². The molecular formula is C25H20ClN3O3. The number of nitrogens with zero attached hydrogens (tertiary/aromatic N) is 2. The SMILES string of the molecule is Cc1cc(/C=N/NC(=O)c2ccc3ccccc3c2)c(C)n1-c1ccc(Cl)c(C(=O)O)c1. The normalized spacial score (nSPS) is 11.2. The highest BCUT2D eigenvalue weighted by Gasteiger charge is 2.14. The van der Waals surface area contributed by atoms with Gasteiger partial charge >= 0.3 is 5.97 Å². The van der Waals surface area contributed by atoms with Crippen LogP contribution in [-0.2, 0) is 0 Å². The molecule has 0 saturated heterocycles. The van der Waals surface area contributed by atoms with E-state index in [9.17, 15) is 14.7 Å². The molecule has 0 aliphatic heterocycles. The number of benzene rings is 3. The first-order chi connectivity index (χ1) is 15.3. The van der Waals surface area contributed by atoms with Gasteiger partial charge in [-0.25, -0.2) is 10.2 Å². The van der Waals surface area contributed by atoms with E-state index >= 15 is 0 Å². The van der Waals surface area contributed by atoms with Crippen molar-refractivity contribution in [2.45, 2.75) is 13.8 Å². The number of aryl methyl sites for hydroxylation is 1. The fourth-order valence-electron chi connectivity index (χ4n) is 3.69. The van der Waals surface area contributed by atoms with Gasteiger partial charge in [0.25, 0.3) is 5.91 Å². The summed E-state index contributed by atoms with van der Waals surface area (Å²) in [5.41, 5.74) is 6.35. The van der Waals surface area contributed by atoms with Gasteiger partial charge in [-0.15, -0.1) is 0 Å². The van der Waals surface area contributed by atoms with Crippen LogP contribution >= 0.6 is 11.6 Å². The quantitative estimate of drug-likeness (QED) is 0.320. The second-order valence-electron chi connectivity index (χ2n) is 7.39. The number of aromatic nitrogens is 1. The molecule has 3 aromatic carbocycles. The zero-order valence-corrected chi connectivity index (χ0v) is 18.2. The second-order valence-corrected chi connectivity index (χ2v) is 7.80. The van der Waals surface area contributed by atoms with Crippen LogP contribution in [0.25, 0.3) is 16.5 Å². The van der Waals surface area contributed by atoms with Gasteiger partial charge in [-0.1, -0.05) is 41.9 Å². The molecule has 1 heterocycles. The lowest BCUT2D eigenvalue weighted by molar-refractivity contribution is 0.0696. The number of hydrogen-bond donors (Lipinski definition) is 2. The average Bonchev–Trinajstić information content (AvgIpc) is 3.06. The number of fused-ring (bicyclic) bond motifs is 1. The predicted molar refractivity (Wildman–Crippen MR) is 126 cm³/mol. The fraction of sp³-hybridized carbons (Fsp3) is 0.0800. The summed E-state index contributed by atoms with van der Waals surface area (Å²) >= 11 is 5.99. The number of amides is 1. The fourth-order valence-corrected chi connectivity index (χ4v) is 3.89. The van der Waals surface area contributed by atoms with Crippen LogP contribution in [0.5, 0.6) is 0 Å². The maximum Gasteiger partial charge on any atom is 0.337 e. The molecule has 0 unspecified atom stereocenters. The van der Waals surface area contributed by atoms with Crippen LogP contribution in [0.3, 0.4) is 0 Å². The molecule has 0 saturated carbocycles. The molecule has 0 fully saturated rings. The number of aromatic carboxylic acids is 1. The summed E-state index contributed by atoms with van der Waals surface area (Å²) in [4.78, 5) is 23.9. The smallest absolute Gasteiger partial charge is 0.337 e. The zero-order valence-electron chi connectivity index (χ0n) is 17.5. The second kappa shape index (κ2) is 8.69. The van der Waals surface area contributed by atoms with E-state index in [0.717, 1.165) is 27.7 Å². The Morgan fingerprint density at radius 3 is 2.50 bits per heavy atom. The number of carbonyl (C=O) groups is 2. The Labute approximate surface area is 189 Å². The Bertz CT molecular complexity index is 1390. The van der Waals surface area contributed by atoms with Crippen molar-refractivity contribution in [2.24, 2.45) is 5.10 Å². The first-order valence-electron chi connectivity index (χ1n) is 9.89. The first-order valence-corrected chi connectivity index (χ1v) is 10.3. The summed E-state index contributed by atoms with van der Waals surface area (Å²) < 4.78 is 1.91. The van der Waals surface area contributed by atoms with Gasteiger partial charge in [0.2, 0.25) is 0 Å². The lowest BCUT2D eigenvalue weighted by atomic mass is 10.1. The molecule has 0 aliphatic rings.